The number of nitro groups is 1. The molecule has 1 aliphatic rings. The number of rotatable bonds is 7. The molecule has 1 fully saturated rings. The summed E-state index contributed by atoms with van der Waals surface area (Å²) in [6.45, 7) is 1.38. The van der Waals surface area contributed by atoms with E-state index in [4.69, 9.17) is 10.00 Å². The molecule has 28 heavy (non-hydrogen) atoms. The van der Waals surface area contributed by atoms with Gasteiger partial charge in [-0.15, -0.1) is 11.3 Å². The lowest BCUT2D eigenvalue weighted by molar-refractivity contribution is -0.384. The van der Waals surface area contributed by atoms with Crippen LogP contribution in [0.15, 0.2) is 29.6 Å². The molecule has 1 saturated carbocycles. The predicted octanol–water partition coefficient (Wildman–Crippen LogP) is 3.29. The molecule has 9 nitrogen and oxygen atoms in total. The summed E-state index contributed by atoms with van der Waals surface area (Å²) in [6.07, 6.45) is 0.751. The highest BCUT2D eigenvalue weighted by Gasteiger charge is 2.27. The van der Waals surface area contributed by atoms with Crippen molar-refractivity contribution in [1.82, 2.24) is 0 Å². The fourth-order valence-electron chi connectivity index (χ4n) is 2.37. The molecule has 1 atom stereocenters. The Hall–Kier alpha value is -3.45. The minimum atomic E-state index is -1.15. The highest BCUT2D eigenvalue weighted by molar-refractivity contribution is 7.14. The highest BCUT2D eigenvalue weighted by Crippen LogP contribution is 2.31. The van der Waals surface area contributed by atoms with Crippen molar-refractivity contribution in [1.29, 1.82) is 5.26 Å². The van der Waals surface area contributed by atoms with Gasteiger partial charge in [0.2, 0.25) is 0 Å². The van der Waals surface area contributed by atoms with Crippen LogP contribution in [0.1, 0.15) is 35.7 Å². The minimum Gasteiger partial charge on any atom is -0.449 e. The summed E-state index contributed by atoms with van der Waals surface area (Å²) in [7, 11) is 0. The van der Waals surface area contributed by atoms with Gasteiger partial charge in [0.05, 0.1) is 16.1 Å². The van der Waals surface area contributed by atoms with Gasteiger partial charge in [-0.3, -0.25) is 14.9 Å². The van der Waals surface area contributed by atoms with Crippen molar-refractivity contribution in [2.45, 2.75) is 31.9 Å². The summed E-state index contributed by atoms with van der Waals surface area (Å²) >= 11 is 1.17. The van der Waals surface area contributed by atoms with Gasteiger partial charge in [-0.05, 0) is 43.3 Å². The molecule has 1 heterocycles. The van der Waals surface area contributed by atoms with Gasteiger partial charge in [0.15, 0.2) is 6.10 Å². The molecule has 3 rings (SSSR count). The van der Waals surface area contributed by atoms with Crippen LogP contribution in [0.25, 0.3) is 0 Å². The third kappa shape index (κ3) is 4.44. The van der Waals surface area contributed by atoms with Crippen LogP contribution in [0.2, 0.25) is 0 Å². The molecule has 0 radical (unpaired) electrons. The first kappa shape index (κ1) is 19.3. The summed E-state index contributed by atoms with van der Waals surface area (Å²) in [6, 6.07) is 7.73. The van der Waals surface area contributed by atoms with E-state index in [1.165, 1.54) is 30.4 Å². The predicted molar refractivity (Wildman–Crippen MR) is 102 cm³/mol. The van der Waals surface area contributed by atoms with Crippen LogP contribution in [0, 0.1) is 21.4 Å². The molecule has 1 amide bonds. The highest BCUT2D eigenvalue weighted by atomic mass is 32.1. The van der Waals surface area contributed by atoms with Gasteiger partial charge < -0.3 is 15.4 Å². The zero-order valence-electron chi connectivity index (χ0n) is 14.8. The molecule has 2 aromatic rings. The zero-order valence-corrected chi connectivity index (χ0v) is 15.6. The molecule has 1 aliphatic carbocycles. The van der Waals surface area contributed by atoms with Crippen molar-refractivity contribution in [3.8, 4) is 6.07 Å². The summed E-state index contributed by atoms with van der Waals surface area (Å²) in [4.78, 5) is 35.2. The lowest BCUT2D eigenvalue weighted by atomic mass is 10.1. The van der Waals surface area contributed by atoms with Crippen LogP contribution < -0.4 is 10.6 Å². The lowest BCUT2D eigenvalue weighted by Gasteiger charge is -2.13. The molecule has 0 saturated heterocycles. The third-order valence-corrected chi connectivity index (χ3v) is 4.87. The Balaban J connectivity index is 1.67. The van der Waals surface area contributed by atoms with Gasteiger partial charge in [-0.2, -0.15) is 5.26 Å². The number of nitrogens with one attached hydrogen (secondary N) is 2. The second kappa shape index (κ2) is 8.06. The van der Waals surface area contributed by atoms with Crippen molar-refractivity contribution < 1.29 is 19.2 Å². The van der Waals surface area contributed by atoms with E-state index in [1.54, 1.807) is 11.4 Å². The fourth-order valence-corrected chi connectivity index (χ4v) is 3.11. The molecular formula is C18H16N4O5S. The Bertz CT molecular complexity index is 977. The molecular weight excluding hydrogens is 384 g/mol. The summed E-state index contributed by atoms with van der Waals surface area (Å²) < 4.78 is 5.12. The van der Waals surface area contributed by atoms with E-state index < -0.39 is 22.9 Å². The number of nitro benzene ring substituents is 1. The van der Waals surface area contributed by atoms with Crippen molar-refractivity contribution in [3.63, 3.8) is 0 Å². The fraction of sp³-hybridized carbons (Fsp3) is 0.278. The Morgan fingerprint density at radius 3 is 2.79 bits per heavy atom. The monoisotopic (exact) mass is 400 g/mol. The van der Waals surface area contributed by atoms with E-state index in [0.29, 0.717) is 16.3 Å². The van der Waals surface area contributed by atoms with Gasteiger partial charge in [0, 0.05) is 12.1 Å². The largest absolute Gasteiger partial charge is 0.449 e. The number of hydrogen-bond donors (Lipinski definition) is 2. The van der Waals surface area contributed by atoms with Crippen molar-refractivity contribution in [3.05, 3.63) is 50.9 Å². The molecule has 10 heteroatoms. The number of ether oxygens (including phenoxy) is 1. The first-order valence-electron chi connectivity index (χ1n) is 8.43. The normalized spacial score (nSPS) is 13.9. The third-order valence-electron chi connectivity index (χ3n) is 4.04. The summed E-state index contributed by atoms with van der Waals surface area (Å²) in [5.41, 5.74) is 0.403. The smallest absolute Gasteiger partial charge is 0.339 e. The Labute approximate surface area is 164 Å². The number of anilines is 2. The molecule has 0 aliphatic heterocycles. The number of hydrogen-bond acceptors (Lipinski definition) is 8. The number of carbonyl (C=O) groups excluding carboxylic acids is 2. The van der Waals surface area contributed by atoms with Crippen molar-refractivity contribution in [2.75, 3.05) is 10.6 Å². The van der Waals surface area contributed by atoms with E-state index in [0.717, 1.165) is 18.9 Å². The molecule has 0 bridgehead atoms. The topological polar surface area (TPSA) is 134 Å². The first-order valence-corrected chi connectivity index (χ1v) is 9.31. The van der Waals surface area contributed by atoms with Gasteiger partial charge in [0.25, 0.3) is 11.6 Å². The van der Waals surface area contributed by atoms with Gasteiger partial charge in [0.1, 0.15) is 16.8 Å². The maximum absolute atomic E-state index is 12.3. The zero-order chi connectivity index (χ0) is 20.3. The van der Waals surface area contributed by atoms with Crippen LogP contribution in [0.4, 0.5) is 16.4 Å². The van der Waals surface area contributed by atoms with Gasteiger partial charge in [-0.1, -0.05) is 0 Å². The van der Waals surface area contributed by atoms with E-state index in [1.807, 2.05) is 6.07 Å². The quantitative estimate of drug-likeness (QED) is 0.414. The Morgan fingerprint density at radius 2 is 2.14 bits per heavy atom. The van der Waals surface area contributed by atoms with E-state index in [9.17, 15) is 19.7 Å². The molecule has 144 valence electrons. The Morgan fingerprint density at radius 1 is 1.39 bits per heavy atom. The number of nitrogens with zero attached hydrogens (tertiary/aromatic N) is 2. The van der Waals surface area contributed by atoms with Crippen molar-refractivity contribution in [2.24, 2.45) is 0 Å². The standard InChI is InChI=1S/C18H16N4O5S/c1-10(16(23)21-17-12(9-19)6-7-28-17)27-18(24)11-2-5-14(20-13-3-4-13)15(8-11)22(25)26/h2,5-8,10,13,20H,3-4H2,1H3,(H,21,23)/t10-/m0/s1. The van der Waals surface area contributed by atoms with E-state index in [2.05, 4.69) is 10.6 Å². The van der Waals surface area contributed by atoms with Crippen LogP contribution >= 0.6 is 11.3 Å². The lowest BCUT2D eigenvalue weighted by Crippen LogP contribution is -2.30. The van der Waals surface area contributed by atoms with E-state index in [-0.39, 0.29) is 17.3 Å². The number of esters is 1. The average molecular weight is 400 g/mol. The second-order valence-electron chi connectivity index (χ2n) is 6.22. The second-order valence-corrected chi connectivity index (χ2v) is 7.14. The van der Waals surface area contributed by atoms with Gasteiger partial charge >= 0.3 is 5.97 Å². The molecule has 0 unspecified atom stereocenters. The molecule has 2 N–H and O–H groups in total. The maximum Gasteiger partial charge on any atom is 0.339 e. The number of nitriles is 1. The van der Waals surface area contributed by atoms with Gasteiger partial charge in [-0.25, -0.2) is 4.79 Å². The number of thiophene rings is 1. The van der Waals surface area contributed by atoms with Crippen LogP contribution in [0.5, 0.6) is 0 Å². The average Bonchev–Trinajstić information content (AvgIpc) is 3.37. The number of carbonyl (C=O) groups is 2. The van der Waals surface area contributed by atoms with Crippen LogP contribution in [0.3, 0.4) is 0 Å². The summed E-state index contributed by atoms with van der Waals surface area (Å²) in [5.74, 6) is -1.45. The Kier molecular flexibility index (Phi) is 5.56. The minimum absolute atomic E-state index is 0.0264. The van der Waals surface area contributed by atoms with E-state index >= 15 is 0 Å². The molecule has 1 aromatic carbocycles. The number of benzene rings is 1. The van der Waals surface area contributed by atoms with Crippen LogP contribution in [-0.4, -0.2) is 28.9 Å². The van der Waals surface area contributed by atoms with Crippen molar-refractivity contribution >= 4 is 39.6 Å². The number of amides is 1. The SMILES string of the molecule is C[C@H](OC(=O)c1ccc(NC2CC2)c([N+](=O)[O-])c1)C(=O)Nc1sccc1C#N. The molecule has 1 aromatic heterocycles. The first-order chi connectivity index (χ1) is 13.4. The maximum atomic E-state index is 12.3. The molecule has 0 spiro atoms. The summed E-state index contributed by atoms with van der Waals surface area (Å²) in [5, 5.41) is 27.8. The van der Waals surface area contributed by atoms with Crippen LogP contribution in [-0.2, 0) is 9.53 Å².